The summed E-state index contributed by atoms with van der Waals surface area (Å²) in [6.45, 7) is 13.0. The van der Waals surface area contributed by atoms with Gasteiger partial charge in [0.15, 0.2) is 0 Å². The Morgan fingerprint density at radius 3 is 1.29 bits per heavy atom. The summed E-state index contributed by atoms with van der Waals surface area (Å²) in [6, 6.07) is 7.32. The molecule has 0 spiro atoms. The molecule has 1 N–H and O–H groups in total. The zero-order valence-electron chi connectivity index (χ0n) is 28.4. The van der Waals surface area contributed by atoms with Crippen LogP contribution < -0.4 is 5.32 Å². The SMILES string of the molecule is CCCCCCCCCCOCCOCCOCCOCCOCCOCCOCCOC(=O)c1ccc(NCCCC)cc1. The van der Waals surface area contributed by atoms with Crippen LogP contribution in [-0.2, 0) is 37.9 Å². The van der Waals surface area contributed by atoms with Crippen LogP contribution in [0.25, 0.3) is 0 Å². The number of benzene rings is 1. The average molecular weight is 642 g/mol. The molecule has 1 aromatic carbocycles. The molecule has 0 atom stereocenters. The summed E-state index contributed by atoms with van der Waals surface area (Å²) < 4.78 is 43.8. The summed E-state index contributed by atoms with van der Waals surface area (Å²) in [5.74, 6) is -0.352. The number of nitrogens with one attached hydrogen (secondary N) is 1. The minimum absolute atomic E-state index is 0.201. The van der Waals surface area contributed by atoms with Crippen molar-refractivity contribution in [3.05, 3.63) is 29.8 Å². The molecule has 0 aliphatic heterocycles. The fourth-order valence-electron chi connectivity index (χ4n) is 4.17. The van der Waals surface area contributed by atoms with Crippen LogP contribution in [0.4, 0.5) is 5.69 Å². The van der Waals surface area contributed by atoms with Gasteiger partial charge in [0.2, 0.25) is 0 Å². The second kappa shape index (κ2) is 33.6. The van der Waals surface area contributed by atoms with Crippen molar-refractivity contribution in [3.63, 3.8) is 0 Å². The minimum atomic E-state index is -0.352. The van der Waals surface area contributed by atoms with Crippen molar-refractivity contribution in [3.8, 4) is 0 Å². The lowest BCUT2D eigenvalue weighted by atomic mass is 10.1. The summed E-state index contributed by atoms with van der Waals surface area (Å²) in [4.78, 5) is 12.1. The van der Waals surface area contributed by atoms with Gasteiger partial charge in [-0.15, -0.1) is 0 Å². The summed E-state index contributed by atoms with van der Waals surface area (Å²) in [5.41, 5.74) is 1.53. The number of carbonyl (C=O) groups excluding carboxylic acids is 1. The van der Waals surface area contributed by atoms with E-state index in [9.17, 15) is 4.79 Å². The first-order valence-electron chi connectivity index (χ1n) is 17.3. The quantitative estimate of drug-likeness (QED) is 0.0670. The number of carbonyl (C=O) groups is 1. The van der Waals surface area contributed by atoms with Crippen molar-refractivity contribution in [2.45, 2.75) is 78.1 Å². The number of hydrogen-bond donors (Lipinski definition) is 1. The summed E-state index contributed by atoms with van der Waals surface area (Å²) >= 11 is 0. The molecule has 0 bridgehead atoms. The Balaban J connectivity index is 1.72. The fourth-order valence-corrected chi connectivity index (χ4v) is 4.17. The van der Waals surface area contributed by atoms with E-state index >= 15 is 0 Å². The Morgan fingerprint density at radius 2 is 0.844 bits per heavy atom. The van der Waals surface area contributed by atoms with Crippen LogP contribution in [0.2, 0.25) is 0 Å². The Labute approximate surface area is 273 Å². The van der Waals surface area contributed by atoms with Gasteiger partial charge in [0.05, 0.1) is 91.5 Å². The van der Waals surface area contributed by atoms with Crippen LogP contribution in [0, 0.1) is 0 Å². The Kier molecular flexibility index (Phi) is 30.8. The molecule has 0 aliphatic rings. The molecule has 10 nitrogen and oxygen atoms in total. The minimum Gasteiger partial charge on any atom is -0.460 e. The van der Waals surface area contributed by atoms with E-state index in [1.165, 1.54) is 44.9 Å². The lowest BCUT2D eigenvalue weighted by Crippen LogP contribution is -2.15. The number of esters is 1. The molecular weight excluding hydrogens is 578 g/mol. The Hall–Kier alpha value is -1.79. The van der Waals surface area contributed by atoms with Crippen LogP contribution in [0.3, 0.4) is 0 Å². The third kappa shape index (κ3) is 28.2. The van der Waals surface area contributed by atoms with Crippen molar-refractivity contribution < 1.29 is 42.7 Å². The maximum absolute atomic E-state index is 12.1. The lowest BCUT2D eigenvalue weighted by molar-refractivity contribution is -0.0223. The van der Waals surface area contributed by atoms with Crippen molar-refractivity contribution in [1.29, 1.82) is 0 Å². The molecule has 1 aromatic rings. The van der Waals surface area contributed by atoms with E-state index in [-0.39, 0.29) is 12.6 Å². The molecule has 0 saturated carbocycles. The molecule has 0 aromatic heterocycles. The number of rotatable bonds is 35. The zero-order chi connectivity index (χ0) is 32.3. The second-order valence-corrected chi connectivity index (χ2v) is 10.8. The molecule has 0 radical (unpaired) electrons. The largest absolute Gasteiger partial charge is 0.460 e. The molecular formula is C35H63NO9. The predicted octanol–water partition coefficient (Wildman–Crippen LogP) is 6.31. The van der Waals surface area contributed by atoms with E-state index in [0.29, 0.717) is 91.5 Å². The molecule has 0 aliphatic carbocycles. The van der Waals surface area contributed by atoms with Gasteiger partial charge in [-0.25, -0.2) is 4.79 Å². The summed E-state index contributed by atoms with van der Waals surface area (Å²) in [5, 5.41) is 3.32. The van der Waals surface area contributed by atoms with Gasteiger partial charge in [0.1, 0.15) is 6.61 Å². The summed E-state index contributed by atoms with van der Waals surface area (Å²) in [6.07, 6.45) is 12.8. The highest BCUT2D eigenvalue weighted by molar-refractivity contribution is 5.89. The van der Waals surface area contributed by atoms with Crippen LogP contribution in [-0.4, -0.2) is 112 Å². The predicted molar refractivity (Wildman–Crippen MR) is 178 cm³/mol. The molecule has 262 valence electrons. The van der Waals surface area contributed by atoms with E-state index < -0.39 is 0 Å². The molecule has 0 heterocycles. The number of unbranched alkanes of at least 4 members (excludes halogenated alkanes) is 8. The normalized spacial score (nSPS) is 11.2. The van der Waals surface area contributed by atoms with Crippen molar-refractivity contribution in [1.82, 2.24) is 0 Å². The fraction of sp³-hybridized carbons (Fsp3) is 0.800. The zero-order valence-corrected chi connectivity index (χ0v) is 28.4. The first-order chi connectivity index (χ1) is 22.3. The van der Waals surface area contributed by atoms with Crippen molar-refractivity contribution in [2.75, 3.05) is 111 Å². The number of hydrogen-bond acceptors (Lipinski definition) is 10. The molecule has 0 unspecified atom stereocenters. The second-order valence-electron chi connectivity index (χ2n) is 10.8. The van der Waals surface area contributed by atoms with E-state index in [4.69, 9.17) is 37.9 Å². The smallest absolute Gasteiger partial charge is 0.338 e. The van der Waals surface area contributed by atoms with Gasteiger partial charge in [-0.2, -0.15) is 0 Å². The third-order valence-electron chi connectivity index (χ3n) is 6.82. The van der Waals surface area contributed by atoms with Gasteiger partial charge in [0, 0.05) is 18.8 Å². The molecule has 1 rings (SSSR count). The standard InChI is InChI=1S/C35H63NO9/c1-3-5-7-8-9-10-11-12-18-38-19-20-39-21-22-40-23-24-41-25-26-42-27-28-43-29-30-44-31-32-45-35(37)33-13-15-34(16-14-33)36-17-6-4-2/h13-16,36H,3-12,17-32H2,1-2H3. The molecule has 0 saturated heterocycles. The van der Waals surface area contributed by atoms with Gasteiger partial charge in [-0.05, 0) is 37.1 Å². The number of ether oxygens (including phenoxy) is 8. The van der Waals surface area contributed by atoms with Crippen LogP contribution in [0.15, 0.2) is 24.3 Å². The highest BCUT2D eigenvalue weighted by Crippen LogP contribution is 2.11. The van der Waals surface area contributed by atoms with Gasteiger partial charge in [0.25, 0.3) is 0 Å². The first kappa shape index (κ1) is 41.2. The molecule has 10 heteroatoms. The third-order valence-corrected chi connectivity index (χ3v) is 6.82. The van der Waals surface area contributed by atoms with Crippen LogP contribution in [0.1, 0.15) is 88.4 Å². The maximum atomic E-state index is 12.1. The lowest BCUT2D eigenvalue weighted by Gasteiger charge is -2.09. The van der Waals surface area contributed by atoms with E-state index in [1.54, 1.807) is 12.1 Å². The van der Waals surface area contributed by atoms with Crippen molar-refractivity contribution >= 4 is 11.7 Å². The van der Waals surface area contributed by atoms with Crippen LogP contribution >= 0.6 is 0 Å². The first-order valence-corrected chi connectivity index (χ1v) is 17.3. The highest BCUT2D eigenvalue weighted by atomic mass is 16.6. The monoisotopic (exact) mass is 641 g/mol. The Bertz CT molecular complexity index is 751. The average Bonchev–Trinajstić information content (AvgIpc) is 3.06. The maximum Gasteiger partial charge on any atom is 0.338 e. The van der Waals surface area contributed by atoms with E-state index in [1.807, 2.05) is 12.1 Å². The van der Waals surface area contributed by atoms with Gasteiger partial charge < -0.3 is 43.2 Å². The molecule has 0 amide bonds. The summed E-state index contributed by atoms with van der Waals surface area (Å²) in [7, 11) is 0. The van der Waals surface area contributed by atoms with Gasteiger partial charge in [-0.1, -0.05) is 65.2 Å². The number of anilines is 1. The van der Waals surface area contributed by atoms with E-state index in [0.717, 1.165) is 38.1 Å². The van der Waals surface area contributed by atoms with Crippen LogP contribution in [0.5, 0.6) is 0 Å². The molecule has 0 fully saturated rings. The highest BCUT2D eigenvalue weighted by Gasteiger charge is 2.06. The topological polar surface area (TPSA) is 103 Å². The van der Waals surface area contributed by atoms with Gasteiger partial charge >= 0.3 is 5.97 Å². The van der Waals surface area contributed by atoms with Crippen molar-refractivity contribution in [2.24, 2.45) is 0 Å². The molecule has 45 heavy (non-hydrogen) atoms. The van der Waals surface area contributed by atoms with E-state index in [2.05, 4.69) is 19.2 Å². The van der Waals surface area contributed by atoms with Gasteiger partial charge in [-0.3, -0.25) is 0 Å². The Morgan fingerprint density at radius 1 is 0.467 bits per heavy atom.